The molecule has 1 heterocycles. The highest BCUT2D eigenvalue weighted by atomic mass is 35.5. The summed E-state index contributed by atoms with van der Waals surface area (Å²) >= 11 is 0. The van der Waals surface area contributed by atoms with Gasteiger partial charge in [0.05, 0.1) is 19.6 Å². The van der Waals surface area contributed by atoms with Crippen LogP contribution in [0.25, 0.3) is 17.2 Å². The minimum absolute atomic E-state index is 0. The van der Waals surface area contributed by atoms with Gasteiger partial charge >= 0.3 is 0 Å². The summed E-state index contributed by atoms with van der Waals surface area (Å²) in [4.78, 5) is 13.0. The van der Waals surface area contributed by atoms with E-state index in [0.29, 0.717) is 0 Å². The summed E-state index contributed by atoms with van der Waals surface area (Å²) in [5.74, 6) is 0.0107. The Morgan fingerprint density at radius 1 is 0.857 bits per heavy atom. The maximum absolute atomic E-state index is 13.0. The van der Waals surface area contributed by atoms with Gasteiger partial charge in [0, 0.05) is 16.8 Å². The van der Waals surface area contributed by atoms with E-state index < -0.39 is 0 Å². The first kappa shape index (κ1) is 25.2. The second kappa shape index (κ2) is 11.2. The summed E-state index contributed by atoms with van der Waals surface area (Å²) in [6, 6.07) is 25.5. The number of fused-ring (bicyclic) bond motifs is 1. The number of anilines is 1. The van der Waals surface area contributed by atoms with Crippen LogP contribution in [0.4, 0.5) is 5.69 Å². The molecule has 1 saturated heterocycles. The van der Waals surface area contributed by atoms with E-state index >= 15 is 0 Å². The molecule has 5 rings (SSSR count). The topological polar surface area (TPSA) is 29.1 Å². The average molecular weight is 487 g/mol. The zero-order valence-corrected chi connectivity index (χ0v) is 21.4. The number of piperidine rings is 1. The van der Waals surface area contributed by atoms with E-state index in [1.807, 2.05) is 6.07 Å². The molecule has 0 atom stereocenters. The SMILES string of the molecule is CC[N+]1(Cc2ccc(NC(=O)C3=Cc4cc(-c5ccccc5)ccc4CC3)cc2)CCCCC1.[Cl-]. The van der Waals surface area contributed by atoms with E-state index in [4.69, 9.17) is 0 Å². The number of rotatable bonds is 6. The van der Waals surface area contributed by atoms with Gasteiger partial charge in [-0.2, -0.15) is 0 Å². The van der Waals surface area contributed by atoms with Gasteiger partial charge in [-0.15, -0.1) is 0 Å². The van der Waals surface area contributed by atoms with Crippen molar-refractivity contribution in [1.82, 2.24) is 0 Å². The predicted molar refractivity (Wildman–Crippen MR) is 141 cm³/mol. The van der Waals surface area contributed by atoms with Crippen LogP contribution in [-0.2, 0) is 17.8 Å². The number of quaternary nitrogens is 1. The van der Waals surface area contributed by atoms with Crippen LogP contribution in [0.15, 0.2) is 78.4 Å². The zero-order chi connectivity index (χ0) is 23.4. The van der Waals surface area contributed by atoms with Crippen molar-refractivity contribution in [2.75, 3.05) is 25.0 Å². The second-order valence-corrected chi connectivity index (χ2v) is 9.92. The molecule has 35 heavy (non-hydrogen) atoms. The van der Waals surface area contributed by atoms with Gasteiger partial charge in [-0.1, -0.05) is 54.6 Å². The predicted octanol–water partition coefficient (Wildman–Crippen LogP) is 3.85. The monoisotopic (exact) mass is 486 g/mol. The van der Waals surface area contributed by atoms with E-state index in [-0.39, 0.29) is 18.3 Å². The Morgan fingerprint density at radius 2 is 1.60 bits per heavy atom. The minimum Gasteiger partial charge on any atom is -1.00 e. The molecular formula is C31H35ClN2O. The number of likely N-dealkylation sites (tertiary alicyclic amines) is 1. The van der Waals surface area contributed by atoms with Gasteiger partial charge < -0.3 is 22.2 Å². The van der Waals surface area contributed by atoms with E-state index in [2.05, 4.69) is 85.0 Å². The maximum Gasteiger partial charge on any atom is 0.251 e. The van der Waals surface area contributed by atoms with E-state index in [0.717, 1.165) is 36.2 Å². The largest absolute Gasteiger partial charge is 1.00 e. The number of nitrogens with zero attached hydrogens (tertiary/aromatic N) is 1. The van der Waals surface area contributed by atoms with Crippen LogP contribution in [0.1, 0.15) is 49.3 Å². The first-order chi connectivity index (χ1) is 16.6. The molecule has 1 amide bonds. The van der Waals surface area contributed by atoms with Gasteiger partial charge in [-0.05, 0) is 85.6 Å². The summed E-state index contributed by atoms with van der Waals surface area (Å²) in [5, 5.41) is 3.13. The van der Waals surface area contributed by atoms with Crippen LogP contribution in [0.2, 0.25) is 0 Å². The van der Waals surface area contributed by atoms with Gasteiger partial charge in [0.25, 0.3) is 5.91 Å². The summed E-state index contributed by atoms with van der Waals surface area (Å²) in [7, 11) is 0. The average Bonchev–Trinajstić information content (AvgIpc) is 2.90. The Bertz CT molecular complexity index is 1180. The molecule has 0 unspecified atom stereocenters. The number of carbonyl (C=O) groups excluding carboxylic acids is 1. The summed E-state index contributed by atoms with van der Waals surface area (Å²) in [5.41, 5.74) is 7.95. The normalized spacial score (nSPS) is 16.4. The third-order valence-electron chi connectivity index (χ3n) is 7.70. The van der Waals surface area contributed by atoms with Crippen molar-refractivity contribution in [3.63, 3.8) is 0 Å². The highest BCUT2D eigenvalue weighted by Crippen LogP contribution is 2.30. The molecule has 3 aromatic rings. The number of halogens is 1. The lowest BCUT2D eigenvalue weighted by molar-refractivity contribution is -0.943. The number of hydrogen-bond donors (Lipinski definition) is 1. The second-order valence-electron chi connectivity index (χ2n) is 9.92. The molecule has 0 radical (unpaired) electrons. The molecule has 182 valence electrons. The van der Waals surface area contributed by atoms with E-state index in [1.54, 1.807) is 0 Å². The fraction of sp³-hybridized carbons (Fsp3) is 0.323. The van der Waals surface area contributed by atoms with Crippen LogP contribution in [0, 0.1) is 0 Å². The maximum atomic E-state index is 13.0. The van der Waals surface area contributed by atoms with Crippen LogP contribution < -0.4 is 17.7 Å². The lowest BCUT2D eigenvalue weighted by Gasteiger charge is -2.41. The Balaban J connectivity index is 0.00000289. The Labute approximate surface area is 215 Å². The molecule has 3 aromatic carbocycles. The molecule has 1 aliphatic heterocycles. The molecule has 0 saturated carbocycles. The van der Waals surface area contributed by atoms with Crippen molar-refractivity contribution >= 4 is 17.7 Å². The molecule has 0 spiro atoms. The minimum atomic E-state index is 0. The summed E-state index contributed by atoms with van der Waals surface area (Å²) in [6.45, 7) is 7.18. The van der Waals surface area contributed by atoms with Gasteiger partial charge in [0.2, 0.25) is 0 Å². The smallest absolute Gasteiger partial charge is 0.251 e. The van der Waals surface area contributed by atoms with E-state index in [9.17, 15) is 4.79 Å². The van der Waals surface area contributed by atoms with Crippen LogP contribution in [-0.4, -0.2) is 30.0 Å². The quantitative estimate of drug-likeness (QED) is 0.527. The van der Waals surface area contributed by atoms with Crippen LogP contribution in [0.5, 0.6) is 0 Å². The highest BCUT2D eigenvalue weighted by molar-refractivity contribution is 6.07. The number of amides is 1. The summed E-state index contributed by atoms with van der Waals surface area (Å²) in [6.07, 6.45) is 7.80. The number of benzene rings is 3. The Morgan fingerprint density at radius 3 is 2.31 bits per heavy atom. The fourth-order valence-corrected chi connectivity index (χ4v) is 5.54. The first-order valence-electron chi connectivity index (χ1n) is 12.8. The number of nitrogens with one attached hydrogen (secondary N) is 1. The van der Waals surface area contributed by atoms with Gasteiger partial charge in [0.15, 0.2) is 0 Å². The van der Waals surface area contributed by atoms with Gasteiger partial charge in [-0.3, -0.25) is 4.79 Å². The standard InChI is InChI=1S/C31H34N2O.ClH/c1-2-33(19-7-4-8-20-33)23-24-11-17-30(18-12-24)32-31(34)28-16-14-26-13-15-27(21-29(26)22-28)25-9-5-3-6-10-25;/h3,5-6,9-13,15,17-18,21-22H,2,4,7-8,14,16,19-20,23H2,1H3;1H. The van der Waals surface area contributed by atoms with Crippen molar-refractivity contribution < 1.29 is 21.7 Å². The molecule has 0 aromatic heterocycles. The van der Waals surface area contributed by atoms with Crippen molar-refractivity contribution in [2.24, 2.45) is 0 Å². The Kier molecular flexibility index (Phi) is 8.10. The lowest BCUT2D eigenvalue weighted by Crippen LogP contribution is -3.00. The molecule has 1 fully saturated rings. The number of aryl methyl sites for hydroxylation is 1. The molecule has 0 bridgehead atoms. The molecule has 1 N–H and O–H groups in total. The number of hydrogen-bond acceptors (Lipinski definition) is 1. The van der Waals surface area contributed by atoms with Crippen LogP contribution >= 0.6 is 0 Å². The fourth-order valence-electron chi connectivity index (χ4n) is 5.54. The van der Waals surface area contributed by atoms with Crippen LogP contribution in [0.3, 0.4) is 0 Å². The van der Waals surface area contributed by atoms with Crippen molar-refractivity contribution in [3.05, 3.63) is 95.1 Å². The Hall–Kier alpha value is -2.88. The molecule has 4 heteroatoms. The third-order valence-corrected chi connectivity index (χ3v) is 7.70. The van der Waals surface area contributed by atoms with Crippen molar-refractivity contribution in [3.8, 4) is 11.1 Å². The lowest BCUT2D eigenvalue weighted by atomic mass is 9.89. The first-order valence-corrected chi connectivity index (χ1v) is 12.8. The molecule has 2 aliphatic rings. The van der Waals surface area contributed by atoms with E-state index in [1.165, 1.54) is 65.6 Å². The molecular weight excluding hydrogens is 452 g/mol. The van der Waals surface area contributed by atoms with Gasteiger partial charge in [0.1, 0.15) is 6.54 Å². The zero-order valence-electron chi connectivity index (χ0n) is 20.6. The van der Waals surface area contributed by atoms with Crippen molar-refractivity contribution in [1.29, 1.82) is 0 Å². The number of carbonyl (C=O) groups is 1. The third kappa shape index (κ3) is 5.86. The molecule has 1 aliphatic carbocycles. The highest BCUT2D eigenvalue weighted by Gasteiger charge is 2.28. The molecule has 3 nitrogen and oxygen atoms in total. The van der Waals surface area contributed by atoms with Gasteiger partial charge in [-0.25, -0.2) is 0 Å². The van der Waals surface area contributed by atoms with Crippen molar-refractivity contribution in [2.45, 2.75) is 45.6 Å². The summed E-state index contributed by atoms with van der Waals surface area (Å²) < 4.78 is 1.20.